The maximum atomic E-state index is 13.2. The fourth-order valence-corrected chi connectivity index (χ4v) is 5.72. The number of hydrazine groups is 1. The lowest BCUT2D eigenvalue weighted by Crippen LogP contribution is -2.28. The molecule has 0 aliphatic carbocycles. The largest absolute Gasteiger partial charge is 0.334 e. The summed E-state index contributed by atoms with van der Waals surface area (Å²) in [4.78, 5) is 29.1. The van der Waals surface area contributed by atoms with Crippen molar-refractivity contribution in [3.63, 3.8) is 0 Å². The molecule has 2 heterocycles. The smallest absolute Gasteiger partial charge is 0.273 e. The third-order valence-corrected chi connectivity index (χ3v) is 6.96. The highest BCUT2D eigenvalue weighted by molar-refractivity contribution is 8.27. The van der Waals surface area contributed by atoms with E-state index in [2.05, 4.69) is 34.8 Å². The van der Waals surface area contributed by atoms with Crippen LogP contribution >= 0.6 is 35.7 Å². The predicted molar refractivity (Wildman–Crippen MR) is 119 cm³/mol. The fourth-order valence-electron chi connectivity index (χ4n) is 3.04. The molecule has 2 aromatic carbocycles. The molecule has 28 heavy (non-hydrogen) atoms. The molecule has 2 aromatic rings. The van der Waals surface area contributed by atoms with Crippen LogP contribution in [-0.2, 0) is 9.59 Å². The maximum absolute atomic E-state index is 13.2. The number of benzene rings is 2. The van der Waals surface area contributed by atoms with Gasteiger partial charge in [0.1, 0.15) is 9.93 Å². The zero-order valence-electron chi connectivity index (χ0n) is 14.8. The number of rotatable bonds is 5. The summed E-state index contributed by atoms with van der Waals surface area (Å²) < 4.78 is 0.506. The van der Waals surface area contributed by atoms with Gasteiger partial charge in [-0.3, -0.25) is 25.3 Å². The van der Waals surface area contributed by atoms with E-state index in [1.165, 1.54) is 11.8 Å². The van der Waals surface area contributed by atoms with Crippen molar-refractivity contribution in [1.29, 1.82) is 0 Å². The van der Waals surface area contributed by atoms with Gasteiger partial charge < -0.3 is 4.90 Å². The number of carbonyl (C=O) groups excluding carboxylic acids is 2. The molecule has 6 nitrogen and oxygen atoms in total. The minimum atomic E-state index is -0.115. The lowest BCUT2D eigenvalue weighted by molar-refractivity contribution is -0.113. The minimum Gasteiger partial charge on any atom is -0.334 e. The highest BCUT2D eigenvalue weighted by Crippen LogP contribution is 2.50. The Bertz CT molecular complexity index is 991. The van der Waals surface area contributed by atoms with E-state index in [9.17, 15) is 9.59 Å². The van der Waals surface area contributed by atoms with Gasteiger partial charge >= 0.3 is 0 Å². The van der Waals surface area contributed by atoms with E-state index < -0.39 is 0 Å². The van der Waals surface area contributed by atoms with Gasteiger partial charge in [-0.25, -0.2) is 0 Å². The third kappa shape index (κ3) is 3.25. The monoisotopic (exact) mass is 428 g/mol. The van der Waals surface area contributed by atoms with Crippen LogP contribution in [0.5, 0.6) is 0 Å². The van der Waals surface area contributed by atoms with Crippen LogP contribution in [0.3, 0.4) is 0 Å². The van der Waals surface area contributed by atoms with Gasteiger partial charge in [0, 0.05) is 11.4 Å². The Hall–Kier alpha value is -2.49. The molecular weight excluding hydrogens is 412 g/mol. The quantitative estimate of drug-likeness (QED) is 0.324. The van der Waals surface area contributed by atoms with Crippen molar-refractivity contribution in [1.82, 2.24) is 5.43 Å². The van der Waals surface area contributed by atoms with Gasteiger partial charge in [-0.05, 0) is 43.3 Å². The lowest BCUT2D eigenvalue weighted by atomic mass is 10.2. The van der Waals surface area contributed by atoms with Gasteiger partial charge in [0.25, 0.3) is 5.91 Å². The molecule has 142 valence electrons. The first-order valence-corrected chi connectivity index (χ1v) is 10.6. The summed E-state index contributed by atoms with van der Waals surface area (Å²) in [5.41, 5.74) is 7.63. The van der Waals surface area contributed by atoms with Crippen molar-refractivity contribution < 1.29 is 9.59 Å². The second-order valence-corrected chi connectivity index (χ2v) is 8.57. The first-order chi connectivity index (χ1) is 13.6. The van der Waals surface area contributed by atoms with E-state index in [1.54, 1.807) is 40.9 Å². The molecule has 9 heteroatoms. The normalized spacial score (nSPS) is 18.5. The van der Waals surface area contributed by atoms with Gasteiger partial charge in [0.15, 0.2) is 4.32 Å². The van der Waals surface area contributed by atoms with Crippen molar-refractivity contribution in [2.45, 2.75) is 11.8 Å². The second kappa shape index (κ2) is 7.86. The number of nitrogens with one attached hydrogen (secondary N) is 2. The lowest BCUT2D eigenvalue weighted by Gasteiger charge is -2.19. The van der Waals surface area contributed by atoms with E-state index >= 15 is 0 Å². The zero-order valence-corrected chi connectivity index (χ0v) is 17.3. The fraction of sp³-hybridized carbons (Fsp3) is 0.105. The van der Waals surface area contributed by atoms with Crippen LogP contribution in [0.25, 0.3) is 0 Å². The summed E-state index contributed by atoms with van der Waals surface area (Å²) in [5.74, 6) is -0.115. The summed E-state index contributed by atoms with van der Waals surface area (Å²) in [6.07, 6.45) is 0.554. The van der Waals surface area contributed by atoms with Crippen LogP contribution in [-0.4, -0.2) is 23.2 Å². The Morgan fingerprint density at radius 1 is 1.11 bits per heavy atom. The molecule has 2 aliphatic rings. The number of amides is 2. The number of hydrogen-bond donors (Lipinski definition) is 2. The van der Waals surface area contributed by atoms with E-state index in [0.717, 1.165) is 22.2 Å². The van der Waals surface area contributed by atoms with Crippen LogP contribution in [0.1, 0.15) is 6.92 Å². The van der Waals surface area contributed by atoms with Crippen LogP contribution in [0.15, 0.2) is 63.4 Å². The Balaban J connectivity index is 1.64. The first kappa shape index (κ1) is 18.9. The highest BCUT2D eigenvalue weighted by Gasteiger charge is 2.39. The molecule has 0 spiro atoms. The molecule has 2 N–H and O–H groups in total. The molecule has 0 bridgehead atoms. The van der Waals surface area contributed by atoms with Crippen molar-refractivity contribution >= 4 is 69.4 Å². The van der Waals surface area contributed by atoms with Gasteiger partial charge in [0.2, 0.25) is 6.41 Å². The van der Waals surface area contributed by atoms with Gasteiger partial charge in [-0.2, -0.15) is 0 Å². The molecule has 0 atom stereocenters. The minimum absolute atomic E-state index is 0.115. The Labute approximate surface area is 176 Å². The highest BCUT2D eigenvalue weighted by atomic mass is 32.2. The maximum Gasteiger partial charge on any atom is 0.273 e. The average Bonchev–Trinajstić information content (AvgIpc) is 3.23. The number of carbonyl (C=O) groups is 2. The van der Waals surface area contributed by atoms with E-state index in [-0.39, 0.29) is 5.91 Å². The van der Waals surface area contributed by atoms with Gasteiger partial charge in [0.05, 0.1) is 17.1 Å². The number of hydrogen-bond acceptors (Lipinski definition) is 7. The third-order valence-electron chi connectivity index (χ3n) is 4.29. The number of para-hydroxylation sites is 1. The summed E-state index contributed by atoms with van der Waals surface area (Å²) in [6.45, 7) is 2.84. The van der Waals surface area contributed by atoms with Gasteiger partial charge in [-0.1, -0.05) is 47.9 Å². The molecule has 0 radical (unpaired) electrons. The number of fused-ring (bicyclic) bond motifs is 1. The molecule has 2 aliphatic heterocycles. The molecule has 0 unspecified atom stereocenters. The number of nitrogens with zero attached hydrogens (tertiary/aromatic N) is 2. The van der Waals surface area contributed by atoms with Crippen LogP contribution in [0.4, 0.5) is 17.1 Å². The SMILES string of the molecule is CCN1/C(=C2\SC(=S)N(c3ccc(NNC=O)cc3)C2=O)Sc2ccccc21. The molecule has 1 fully saturated rings. The van der Waals surface area contributed by atoms with E-state index in [0.29, 0.717) is 27.0 Å². The summed E-state index contributed by atoms with van der Waals surface area (Å²) in [7, 11) is 0. The van der Waals surface area contributed by atoms with Crippen LogP contribution in [0, 0.1) is 0 Å². The van der Waals surface area contributed by atoms with Crippen LogP contribution in [0.2, 0.25) is 0 Å². The zero-order chi connectivity index (χ0) is 19.7. The Morgan fingerprint density at radius 3 is 2.57 bits per heavy atom. The van der Waals surface area contributed by atoms with Crippen molar-refractivity contribution in [3.8, 4) is 0 Å². The standard InChI is InChI=1S/C19H16N4O2S3/c1-2-22-14-5-3-4-6-15(14)27-18(22)16-17(25)23(19(26)28-16)13-9-7-12(8-10-13)21-20-11-24/h3-11,21H,2H2,1H3,(H,20,24)/b18-16+. The second-order valence-electron chi connectivity index (χ2n) is 5.89. The predicted octanol–water partition coefficient (Wildman–Crippen LogP) is 3.93. The molecule has 0 saturated carbocycles. The molecule has 1 saturated heterocycles. The molecule has 0 aromatic heterocycles. The Morgan fingerprint density at radius 2 is 1.86 bits per heavy atom. The summed E-state index contributed by atoms with van der Waals surface area (Å²) in [6, 6.07) is 15.3. The summed E-state index contributed by atoms with van der Waals surface area (Å²) >= 11 is 8.45. The molecule has 4 rings (SSSR count). The topological polar surface area (TPSA) is 64.7 Å². The molecular formula is C19H16N4O2S3. The summed E-state index contributed by atoms with van der Waals surface area (Å²) in [5, 5.41) is 0.928. The van der Waals surface area contributed by atoms with Crippen LogP contribution < -0.4 is 20.7 Å². The van der Waals surface area contributed by atoms with Crippen molar-refractivity contribution in [3.05, 3.63) is 58.5 Å². The molecule has 2 amide bonds. The first-order valence-electron chi connectivity index (χ1n) is 8.54. The van der Waals surface area contributed by atoms with Crippen molar-refractivity contribution in [2.75, 3.05) is 21.8 Å². The number of thiocarbonyl (C=S) groups is 1. The van der Waals surface area contributed by atoms with E-state index in [4.69, 9.17) is 12.2 Å². The average molecular weight is 429 g/mol. The Kier molecular flexibility index (Phi) is 5.29. The van der Waals surface area contributed by atoms with Crippen molar-refractivity contribution in [2.24, 2.45) is 0 Å². The number of anilines is 3. The van der Waals surface area contributed by atoms with Gasteiger partial charge in [-0.15, -0.1) is 0 Å². The van der Waals surface area contributed by atoms with E-state index in [1.807, 2.05) is 12.1 Å². The number of thioether (sulfide) groups is 2.